The van der Waals surface area contributed by atoms with Crippen LogP contribution in [0.2, 0.25) is 5.02 Å². The minimum absolute atomic E-state index is 0.0191. The smallest absolute Gasteiger partial charge is 0.228 e. The number of halogens is 2. The molecule has 0 bridgehead atoms. The average molecular weight is 458 g/mol. The van der Waals surface area contributed by atoms with Gasteiger partial charge >= 0.3 is 0 Å². The van der Waals surface area contributed by atoms with Crippen molar-refractivity contribution in [1.82, 2.24) is 4.98 Å². The minimum Gasteiger partial charge on any atom is -0.504 e. The lowest BCUT2D eigenvalue weighted by Gasteiger charge is -2.06. The first kappa shape index (κ1) is 18.5. The number of fused-ring (bicyclic) bond motifs is 1. The summed E-state index contributed by atoms with van der Waals surface area (Å²) in [4.78, 5) is 8.97. The normalized spacial score (nSPS) is 11.4. The highest BCUT2D eigenvalue weighted by molar-refractivity contribution is 9.10. The molecule has 1 aromatic heterocycles. The number of aromatic hydroxyl groups is 1. The molecular formula is C21H14BrClN2O3. The molecule has 0 aliphatic carbocycles. The quantitative estimate of drug-likeness (QED) is 0.361. The SMILES string of the molecule is COc1cc(Cl)cc(C=Nc2ccc3oc(-c4ccccc4Br)nc3c2)c1O. The Labute approximate surface area is 174 Å². The largest absolute Gasteiger partial charge is 0.504 e. The van der Waals surface area contributed by atoms with Gasteiger partial charge < -0.3 is 14.3 Å². The molecule has 28 heavy (non-hydrogen) atoms. The van der Waals surface area contributed by atoms with Crippen molar-refractivity contribution in [3.05, 3.63) is 69.7 Å². The molecule has 7 heteroatoms. The van der Waals surface area contributed by atoms with Crippen LogP contribution >= 0.6 is 27.5 Å². The number of aromatic nitrogens is 1. The van der Waals surface area contributed by atoms with Gasteiger partial charge in [-0.05, 0) is 52.3 Å². The predicted molar refractivity (Wildman–Crippen MR) is 114 cm³/mol. The number of rotatable bonds is 4. The summed E-state index contributed by atoms with van der Waals surface area (Å²) < 4.78 is 11.9. The molecule has 0 radical (unpaired) electrons. The van der Waals surface area contributed by atoms with E-state index in [1.165, 1.54) is 13.3 Å². The van der Waals surface area contributed by atoms with Crippen LogP contribution in [-0.2, 0) is 0 Å². The van der Waals surface area contributed by atoms with Crippen molar-refractivity contribution in [2.24, 2.45) is 4.99 Å². The van der Waals surface area contributed by atoms with Gasteiger partial charge in [0.05, 0.1) is 18.4 Å². The first-order valence-corrected chi connectivity index (χ1v) is 9.48. The maximum absolute atomic E-state index is 10.2. The number of oxazole rings is 1. The van der Waals surface area contributed by atoms with E-state index >= 15 is 0 Å². The van der Waals surface area contributed by atoms with Crippen LogP contribution in [0.5, 0.6) is 11.5 Å². The van der Waals surface area contributed by atoms with Gasteiger partial charge in [0.25, 0.3) is 0 Å². The zero-order chi connectivity index (χ0) is 19.7. The van der Waals surface area contributed by atoms with Gasteiger partial charge in [-0.25, -0.2) is 4.98 Å². The van der Waals surface area contributed by atoms with E-state index in [1.807, 2.05) is 42.5 Å². The Kier molecular flexibility index (Phi) is 5.07. The molecule has 0 saturated heterocycles. The Morgan fingerprint density at radius 3 is 2.79 bits per heavy atom. The van der Waals surface area contributed by atoms with E-state index in [2.05, 4.69) is 25.9 Å². The molecule has 0 spiro atoms. The van der Waals surface area contributed by atoms with E-state index in [0.29, 0.717) is 39.0 Å². The first-order chi connectivity index (χ1) is 13.5. The molecule has 140 valence electrons. The topological polar surface area (TPSA) is 67.9 Å². The Morgan fingerprint density at radius 1 is 1.18 bits per heavy atom. The van der Waals surface area contributed by atoms with Gasteiger partial charge in [-0.15, -0.1) is 0 Å². The summed E-state index contributed by atoms with van der Waals surface area (Å²) in [6, 6.07) is 16.3. The van der Waals surface area contributed by atoms with Crippen molar-refractivity contribution in [2.75, 3.05) is 7.11 Å². The molecule has 0 saturated carbocycles. The molecule has 5 nitrogen and oxygen atoms in total. The number of hydrogen-bond donors (Lipinski definition) is 1. The summed E-state index contributed by atoms with van der Waals surface area (Å²) in [5, 5.41) is 10.7. The van der Waals surface area contributed by atoms with E-state index < -0.39 is 0 Å². The van der Waals surface area contributed by atoms with Crippen LogP contribution in [-0.4, -0.2) is 23.4 Å². The van der Waals surface area contributed by atoms with Gasteiger partial charge in [0, 0.05) is 27.3 Å². The standard InChI is InChI=1S/C21H14BrClN2O3/c1-27-19-9-13(23)8-12(20(19)26)11-24-14-6-7-18-17(10-14)25-21(28-18)15-4-2-3-5-16(15)22/h2-11,26H,1H3. The number of aliphatic imine (C=N–C) groups is 1. The molecule has 1 heterocycles. The lowest BCUT2D eigenvalue weighted by Crippen LogP contribution is -1.89. The van der Waals surface area contributed by atoms with Gasteiger partial charge in [-0.1, -0.05) is 23.7 Å². The maximum Gasteiger partial charge on any atom is 0.228 e. The van der Waals surface area contributed by atoms with Crippen LogP contribution in [0.1, 0.15) is 5.56 Å². The number of methoxy groups -OCH3 is 1. The van der Waals surface area contributed by atoms with Gasteiger partial charge in [-0.3, -0.25) is 4.99 Å². The molecule has 1 N–H and O–H groups in total. The summed E-state index contributed by atoms with van der Waals surface area (Å²) in [7, 11) is 1.47. The molecule has 4 aromatic rings. The summed E-state index contributed by atoms with van der Waals surface area (Å²) in [5.74, 6) is 0.800. The molecule has 0 unspecified atom stereocenters. The summed E-state index contributed by atoms with van der Waals surface area (Å²) in [6.07, 6.45) is 1.53. The van der Waals surface area contributed by atoms with Crippen molar-refractivity contribution < 1.29 is 14.3 Å². The fourth-order valence-electron chi connectivity index (χ4n) is 2.74. The number of benzene rings is 3. The van der Waals surface area contributed by atoms with Gasteiger partial charge in [0.2, 0.25) is 5.89 Å². The Bertz CT molecular complexity index is 1200. The molecule has 4 rings (SSSR count). The highest BCUT2D eigenvalue weighted by atomic mass is 79.9. The molecule has 3 aromatic carbocycles. The molecular weight excluding hydrogens is 444 g/mol. The molecule has 0 atom stereocenters. The van der Waals surface area contributed by atoms with E-state index in [0.717, 1.165) is 10.0 Å². The molecule has 0 amide bonds. The van der Waals surface area contributed by atoms with Crippen LogP contribution < -0.4 is 4.74 Å². The predicted octanol–water partition coefficient (Wildman–Crippen LogP) is 6.38. The second-order valence-corrected chi connectivity index (χ2v) is 7.25. The van der Waals surface area contributed by atoms with Gasteiger partial charge in [0.15, 0.2) is 17.1 Å². The first-order valence-electron chi connectivity index (χ1n) is 8.31. The molecule has 0 fully saturated rings. The highest BCUT2D eigenvalue weighted by Crippen LogP contribution is 2.34. The number of phenols is 1. The maximum atomic E-state index is 10.2. The second-order valence-electron chi connectivity index (χ2n) is 5.95. The highest BCUT2D eigenvalue weighted by Gasteiger charge is 2.12. The lowest BCUT2D eigenvalue weighted by molar-refractivity contribution is 0.373. The Morgan fingerprint density at radius 2 is 2.00 bits per heavy atom. The van der Waals surface area contributed by atoms with Crippen molar-refractivity contribution in [3.8, 4) is 23.0 Å². The summed E-state index contributed by atoms with van der Waals surface area (Å²) >= 11 is 9.57. The Hall–Kier alpha value is -2.83. The zero-order valence-electron chi connectivity index (χ0n) is 14.7. The molecule has 0 aliphatic heterocycles. The van der Waals surface area contributed by atoms with Gasteiger partial charge in [0.1, 0.15) is 5.52 Å². The number of phenolic OH excluding ortho intramolecular Hbond substituents is 1. The van der Waals surface area contributed by atoms with E-state index in [9.17, 15) is 5.11 Å². The van der Waals surface area contributed by atoms with Crippen LogP contribution in [0.25, 0.3) is 22.6 Å². The second kappa shape index (κ2) is 7.66. The third-order valence-corrected chi connectivity index (χ3v) is 5.03. The van der Waals surface area contributed by atoms with E-state index in [1.54, 1.807) is 12.1 Å². The van der Waals surface area contributed by atoms with E-state index in [4.69, 9.17) is 20.8 Å². The third-order valence-electron chi connectivity index (χ3n) is 4.12. The van der Waals surface area contributed by atoms with Crippen LogP contribution in [0, 0.1) is 0 Å². The van der Waals surface area contributed by atoms with E-state index in [-0.39, 0.29) is 5.75 Å². The zero-order valence-corrected chi connectivity index (χ0v) is 17.0. The third kappa shape index (κ3) is 3.61. The number of hydrogen-bond acceptors (Lipinski definition) is 5. The number of ether oxygens (including phenoxy) is 1. The summed E-state index contributed by atoms with van der Waals surface area (Å²) in [5.41, 5.74) is 3.35. The van der Waals surface area contributed by atoms with Crippen molar-refractivity contribution in [3.63, 3.8) is 0 Å². The van der Waals surface area contributed by atoms with Gasteiger partial charge in [-0.2, -0.15) is 0 Å². The average Bonchev–Trinajstić information content (AvgIpc) is 3.11. The van der Waals surface area contributed by atoms with Crippen LogP contribution in [0.3, 0.4) is 0 Å². The minimum atomic E-state index is -0.0191. The Balaban J connectivity index is 1.68. The van der Waals surface area contributed by atoms with Crippen molar-refractivity contribution in [2.45, 2.75) is 0 Å². The number of nitrogens with zero attached hydrogens (tertiary/aromatic N) is 2. The van der Waals surface area contributed by atoms with Crippen molar-refractivity contribution >= 4 is 50.5 Å². The van der Waals surface area contributed by atoms with Crippen molar-refractivity contribution in [1.29, 1.82) is 0 Å². The molecule has 0 aliphatic rings. The van der Waals surface area contributed by atoms with Crippen LogP contribution in [0.4, 0.5) is 5.69 Å². The monoisotopic (exact) mass is 456 g/mol. The lowest BCUT2D eigenvalue weighted by atomic mass is 10.2. The fourth-order valence-corrected chi connectivity index (χ4v) is 3.41. The summed E-state index contributed by atoms with van der Waals surface area (Å²) in [6.45, 7) is 0. The fraction of sp³-hybridized carbons (Fsp3) is 0.0476. The van der Waals surface area contributed by atoms with Crippen LogP contribution in [0.15, 0.2) is 68.5 Å².